The number of aromatic nitrogens is 2. The van der Waals surface area contributed by atoms with Gasteiger partial charge in [-0.1, -0.05) is 20.8 Å². The second kappa shape index (κ2) is 5.10. The zero-order valence-corrected chi connectivity index (χ0v) is 10.4. The first-order valence-corrected chi connectivity index (χ1v) is 5.65. The van der Waals surface area contributed by atoms with E-state index in [1.165, 1.54) is 0 Å². The molecule has 0 atom stereocenters. The van der Waals surface area contributed by atoms with Crippen LogP contribution >= 0.6 is 0 Å². The van der Waals surface area contributed by atoms with Gasteiger partial charge in [-0.25, -0.2) is 9.97 Å². The first kappa shape index (κ1) is 12.0. The average Bonchev–Trinajstić information content (AvgIpc) is 2.19. The molecule has 0 aliphatic rings. The van der Waals surface area contributed by atoms with Crippen LogP contribution in [0.1, 0.15) is 50.2 Å². The Kier molecular flexibility index (Phi) is 4.06. The summed E-state index contributed by atoms with van der Waals surface area (Å²) in [6.45, 7) is 11.5. The molecule has 0 unspecified atom stereocenters. The van der Waals surface area contributed by atoms with E-state index in [-0.39, 0.29) is 0 Å². The van der Waals surface area contributed by atoms with E-state index >= 15 is 0 Å². The molecule has 0 amide bonds. The van der Waals surface area contributed by atoms with Crippen LogP contribution in [-0.2, 0) is 0 Å². The number of rotatable bonds is 4. The molecule has 0 radical (unpaired) electrons. The molecule has 3 nitrogen and oxygen atoms in total. The lowest BCUT2D eigenvalue weighted by molar-refractivity contribution is 0.762. The molecular formula is C12H21N3. The molecule has 1 N–H and O–H groups in total. The molecule has 0 aliphatic carbocycles. The van der Waals surface area contributed by atoms with E-state index in [1.54, 1.807) is 0 Å². The maximum atomic E-state index is 4.55. The van der Waals surface area contributed by atoms with Gasteiger partial charge >= 0.3 is 0 Å². The van der Waals surface area contributed by atoms with E-state index < -0.39 is 0 Å². The first-order chi connectivity index (χ1) is 7.06. The van der Waals surface area contributed by atoms with Crippen LogP contribution in [0.4, 0.5) is 5.82 Å². The zero-order valence-electron chi connectivity index (χ0n) is 10.4. The van der Waals surface area contributed by atoms with Crippen LogP contribution in [0.15, 0.2) is 0 Å². The Labute approximate surface area is 92.3 Å². The van der Waals surface area contributed by atoms with E-state index in [0.29, 0.717) is 5.92 Å². The minimum absolute atomic E-state index is 0.381. The molecule has 0 saturated carbocycles. The molecule has 0 aromatic carbocycles. The summed E-state index contributed by atoms with van der Waals surface area (Å²) in [4.78, 5) is 9.04. The smallest absolute Gasteiger partial charge is 0.133 e. The Morgan fingerprint density at radius 2 is 1.87 bits per heavy atom. The molecule has 0 fully saturated rings. The minimum atomic E-state index is 0.381. The summed E-state index contributed by atoms with van der Waals surface area (Å²) < 4.78 is 0. The summed E-state index contributed by atoms with van der Waals surface area (Å²) in [5.41, 5.74) is 2.24. The van der Waals surface area contributed by atoms with Crippen molar-refractivity contribution in [2.24, 2.45) is 0 Å². The van der Waals surface area contributed by atoms with E-state index in [9.17, 15) is 0 Å². The van der Waals surface area contributed by atoms with Crippen molar-refractivity contribution in [3.63, 3.8) is 0 Å². The van der Waals surface area contributed by atoms with E-state index in [1.807, 2.05) is 6.92 Å². The van der Waals surface area contributed by atoms with Gasteiger partial charge in [0.1, 0.15) is 11.6 Å². The first-order valence-electron chi connectivity index (χ1n) is 5.65. The fraction of sp³-hybridized carbons (Fsp3) is 0.667. The van der Waals surface area contributed by atoms with E-state index in [0.717, 1.165) is 35.9 Å². The quantitative estimate of drug-likeness (QED) is 0.824. The van der Waals surface area contributed by atoms with Crippen molar-refractivity contribution >= 4 is 5.82 Å². The molecule has 3 heteroatoms. The van der Waals surface area contributed by atoms with Crippen molar-refractivity contribution in [1.29, 1.82) is 0 Å². The Morgan fingerprint density at radius 3 is 2.40 bits per heavy atom. The SMILES string of the molecule is CCCNc1nc(C(C)C)nc(C)c1C. The van der Waals surface area contributed by atoms with Crippen molar-refractivity contribution in [3.8, 4) is 0 Å². The summed E-state index contributed by atoms with van der Waals surface area (Å²) in [6, 6.07) is 0. The highest BCUT2D eigenvalue weighted by Crippen LogP contribution is 2.18. The fourth-order valence-electron chi connectivity index (χ4n) is 1.32. The summed E-state index contributed by atoms with van der Waals surface area (Å²) in [6.07, 6.45) is 1.11. The highest BCUT2D eigenvalue weighted by Gasteiger charge is 2.09. The van der Waals surface area contributed by atoms with Gasteiger partial charge in [-0.05, 0) is 20.3 Å². The van der Waals surface area contributed by atoms with Crippen molar-refractivity contribution in [1.82, 2.24) is 9.97 Å². The van der Waals surface area contributed by atoms with Crippen molar-refractivity contribution in [2.45, 2.75) is 47.0 Å². The normalized spacial score (nSPS) is 10.8. The maximum absolute atomic E-state index is 4.55. The minimum Gasteiger partial charge on any atom is -0.370 e. The van der Waals surface area contributed by atoms with Crippen molar-refractivity contribution in [2.75, 3.05) is 11.9 Å². The lowest BCUT2D eigenvalue weighted by atomic mass is 10.1. The molecule has 84 valence electrons. The maximum Gasteiger partial charge on any atom is 0.133 e. The third-order valence-electron chi connectivity index (χ3n) is 2.47. The Morgan fingerprint density at radius 1 is 1.20 bits per heavy atom. The third kappa shape index (κ3) is 2.91. The van der Waals surface area contributed by atoms with Gasteiger partial charge in [-0.3, -0.25) is 0 Å². The van der Waals surface area contributed by atoms with E-state index in [4.69, 9.17) is 0 Å². The van der Waals surface area contributed by atoms with Crippen LogP contribution in [0.25, 0.3) is 0 Å². The molecule has 0 aliphatic heterocycles. The standard InChI is InChI=1S/C12H21N3/c1-6-7-13-12-9(4)10(5)14-11(15-12)8(2)3/h8H,6-7H2,1-5H3,(H,13,14,15). The van der Waals surface area contributed by atoms with Crippen LogP contribution in [-0.4, -0.2) is 16.5 Å². The van der Waals surface area contributed by atoms with Crippen molar-refractivity contribution < 1.29 is 0 Å². The van der Waals surface area contributed by atoms with Gasteiger partial charge in [0.2, 0.25) is 0 Å². The molecule has 1 heterocycles. The van der Waals surface area contributed by atoms with Crippen LogP contribution < -0.4 is 5.32 Å². The third-order valence-corrected chi connectivity index (χ3v) is 2.47. The topological polar surface area (TPSA) is 37.8 Å². The summed E-state index contributed by atoms with van der Waals surface area (Å²) >= 11 is 0. The lowest BCUT2D eigenvalue weighted by Gasteiger charge is -2.13. The van der Waals surface area contributed by atoms with Gasteiger partial charge < -0.3 is 5.32 Å². The largest absolute Gasteiger partial charge is 0.370 e. The van der Waals surface area contributed by atoms with Crippen molar-refractivity contribution in [3.05, 3.63) is 17.1 Å². The predicted octanol–water partition coefficient (Wildman–Crippen LogP) is 3.04. The van der Waals surface area contributed by atoms with Gasteiger partial charge in [0.15, 0.2) is 0 Å². The Bertz CT molecular complexity index is 332. The molecule has 1 aromatic heterocycles. The van der Waals surface area contributed by atoms with Gasteiger partial charge in [0, 0.05) is 23.7 Å². The zero-order chi connectivity index (χ0) is 11.4. The number of aryl methyl sites for hydroxylation is 1. The molecule has 1 rings (SSSR count). The average molecular weight is 207 g/mol. The van der Waals surface area contributed by atoms with Crippen LogP contribution in [0.3, 0.4) is 0 Å². The monoisotopic (exact) mass is 207 g/mol. The summed E-state index contributed by atoms with van der Waals surface area (Å²) in [5.74, 6) is 2.30. The molecular weight excluding hydrogens is 186 g/mol. The number of hydrogen-bond acceptors (Lipinski definition) is 3. The van der Waals surface area contributed by atoms with E-state index in [2.05, 4.69) is 43.0 Å². The lowest BCUT2D eigenvalue weighted by Crippen LogP contribution is -2.09. The number of anilines is 1. The predicted molar refractivity (Wildman–Crippen MR) is 64.4 cm³/mol. The van der Waals surface area contributed by atoms with Crippen LogP contribution in [0.2, 0.25) is 0 Å². The molecule has 0 bridgehead atoms. The number of nitrogens with one attached hydrogen (secondary N) is 1. The second-order valence-electron chi connectivity index (χ2n) is 4.22. The summed E-state index contributed by atoms with van der Waals surface area (Å²) in [5, 5.41) is 3.35. The highest BCUT2D eigenvalue weighted by atomic mass is 15.0. The van der Waals surface area contributed by atoms with Gasteiger partial charge in [-0.2, -0.15) is 0 Å². The molecule has 1 aromatic rings. The fourth-order valence-corrected chi connectivity index (χ4v) is 1.32. The van der Waals surface area contributed by atoms with Crippen LogP contribution in [0.5, 0.6) is 0 Å². The molecule has 15 heavy (non-hydrogen) atoms. The number of nitrogens with zero attached hydrogens (tertiary/aromatic N) is 2. The Hall–Kier alpha value is -1.12. The summed E-state index contributed by atoms with van der Waals surface area (Å²) in [7, 11) is 0. The highest BCUT2D eigenvalue weighted by molar-refractivity contribution is 5.45. The molecule has 0 saturated heterocycles. The second-order valence-corrected chi connectivity index (χ2v) is 4.22. The van der Waals surface area contributed by atoms with Gasteiger partial charge in [-0.15, -0.1) is 0 Å². The molecule has 0 spiro atoms. The van der Waals surface area contributed by atoms with Gasteiger partial charge in [0.25, 0.3) is 0 Å². The number of hydrogen-bond donors (Lipinski definition) is 1. The van der Waals surface area contributed by atoms with Gasteiger partial charge in [0.05, 0.1) is 0 Å². The van der Waals surface area contributed by atoms with Crippen LogP contribution in [0, 0.1) is 13.8 Å². The Balaban J connectivity index is 3.02.